The third-order valence-corrected chi connectivity index (χ3v) is 6.32. The summed E-state index contributed by atoms with van der Waals surface area (Å²) >= 11 is 0. The first-order chi connectivity index (χ1) is 16.5. The van der Waals surface area contributed by atoms with E-state index in [1.165, 1.54) is 6.42 Å². The van der Waals surface area contributed by atoms with Crippen LogP contribution in [0.25, 0.3) is 0 Å². The summed E-state index contributed by atoms with van der Waals surface area (Å²) in [5.41, 5.74) is -0.218. The lowest BCUT2D eigenvalue weighted by Crippen LogP contribution is -2.44. The van der Waals surface area contributed by atoms with E-state index < -0.39 is 17.4 Å². The Kier molecular flexibility index (Phi) is 7.73. The number of hydrazone groups is 1. The summed E-state index contributed by atoms with van der Waals surface area (Å²) in [4.78, 5) is 11.5. The largest absolute Gasteiger partial charge is 0.443 e. The van der Waals surface area contributed by atoms with E-state index in [4.69, 9.17) is 4.74 Å². The number of rotatable bonds is 10. The Morgan fingerprint density at radius 2 is 2.09 bits per heavy atom. The number of halogens is 2. The van der Waals surface area contributed by atoms with Crippen molar-refractivity contribution in [2.75, 3.05) is 13.1 Å². The molecule has 2 aliphatic rings. The second kappa shape index (κ2) is 10.9. The minimum atomic E-state index is -1.03. The summed E-state index contributed by atoms with van der Waals surface area (Å²) in [5.74, 6) is -1.49. The van der Waals surface area contributed by atoms with Gasteiger partial charge < -0.3 is 14.8 Å². The molecule has 1 aliphatic carbocycles. The highest BCUT2D eigenvalue weighted by molar-refractivity contribution is 5.95. The topological polar surface area (TPSA) is 53.9 Å². The fourth-order valence-electron chi connectivity index (χ4n) is 4.53. The molecule has 1 N–H and O–H groups in total. The van der Waals surface area contributed by atoms with Gasteiger partial charge in [-0.15, -0.1) is 5.10 Å². The molecule has 0 spiro atoms. The Morgan fingerprint density at radius 3 is 2.82 bits per heavy atom. The second-order valence-corrected chi connectivity index (χ2v) is 9.00. The van der Waals surface area contributed by atoms with Crippen molar-refractivity contribution >= 4 is 12.2 Å². The molecule has 1 heterocycles. The number of allylic oxidation sites excluding steroid dienone is 1. The number of benzene rings is 2. The van der Waals surface area contributed by atoms with Crippen LogP contribution in [0, 0.1) is 17.6 Å². The Bertz CT molecular complexity index is 1040. The van der Waals surface area contributed by atoms with E-state index in [0.717, 1.165) is 55.9 Å². The molecule has 2 aromatic rings. The summed E-state index contributed by atoms with van der Waals surface area (Å²) in [6.07, 6.45) is 10.0. The van der Waals surface area contributed by atoms with Gasteiger partial charge in [0, 0.05) is 30.5 Å². The maximum Gasteiger partial charge on any atom is 0.243 e. The fraction of sp³-hybridized carbons (Fsp3) is 0.407. The van der Waals surface area contributed by atoms with E-state index in [-0.39, 0.29) is 23.9 Å². The van der Waals surface area contributed by atoms with Crippen molar-refractivity contribution in [3.05, 3.63) is 83.4 Å². The summed E-state index contributed by atoms with van der Waals surface area (Å²) in [7, 11) is 0. The lowest BCUT2D eigenvalue weighted by Gasteiger charge is -2.37. The van der Waals surface area contributed by atoms with Crippen molar-refractivity contribution in [2.24, 2.45) is 11.0 Å². The summed E-state index contributed by atoms with van der Waals surface area (Å²) < 4.78 is 35.0. The smallest absolute Gasteiger partial charge is 0.243 e. The fourth-order valence-corrected chi connectivity index (χ4v) is 4.53. The first kappa shape index (κ1) is 24.1. The number of hydrogen-bond donors (Lipinski definition) is 1. The quantitative estimate of drug-likeness (QED) is 0.299. The summed E-state index contributed by atoms with van der Waals surface area (Å²) in [5, 5.41) is 9.88. The maximum atomic E-state index is 14.6. The van der Waals surface area contributed by atoms with Crippen LogP contribution in [-0.4, -0.2) is 36.3 Å². The van der Waals surface area contributed by atoms with E-state index in [0.29, 0.717) is 12.5 Å². The Hall–Kier alpha value is -3.06. The number of carbonyl (C=O) groups excluding carboxylic acids is 1. The molecular weight excluding hydrogens is 436 g/mol. The molecule has 5 nitrogen and oxygen atoms in total. The van der Waals surface area contributed by atoms with Gasteiger partial charge in [-0.1, -0.05) is 49.4 Å². The third kappa shape index (κ3) is 5.36. The highest BCUT2D eigenvalue weighted by atomic mass is 19.1. The van der Waals surface area contributed by atoms with Gasteiger partial charge in [-0.3, -0.25) is 0 Å². The molecule has 0 saturated heterocycles. The standard InChI is InChI=1S/C27H31F2N3O2/c1-20(19-33)18-32-27(21-9-4-2-5-10-21,15-8-16-30-23-11-6-3-7-12-23)34-26(31-32)24-17-22(28)13-14-25(24)29/h2,4-6,9-11,13-14,17,19-20,23,30H,3,7-8,12,15-16,18H2,1H3. The zero-order valence-corrected chi connectivity index (χ0v) is 19.4. The maximum absolute atomic E-state index is 14.6. The highest BCUT2D eigenvalue weighted by Crippen LogP contribution is 2.41. The summed E-state index contributed by atoms with van der Waals surface area (Å²) in [6.45, 7) is 2.86. The lowest BCUT2D eigenvalue weighted by molar-refractivity contribution is -0.115. The van der Waals surface area contributed by atoms with Crippen molar-refractivity contribution in [3.8, 4) is 0 Å². The third-order valence-electron chi connectivity index (χ3n) is 6.32. The zero-order valence-electron chi connectivity index (χ0n) is 19.4. The van der Waals surface area contributed by atoms with Crippen LogP contribution in [0.5, 0.6) is 0 Å². The van der Waals surface area contributed by atoms with Gasteiger partial charge in [0.1, 0.15) is 17.9 Å². The van der Waals surface area contributed by atoms with Crippen LogP contribution in [0.15, 0.2) is 65.8 Å². The monoisotopic (exact) mass is 467 g/mol. The Balaban J connectivity index is 1.63. The average molecular weight is 468 g/mol. The molecule has 180 valence electrons. The van der Waals surface area contributed by atoms with Crippen LogP contribution in [-0.2, 0) is 15.3 Å². The van der Waals surface area contributed by atoms with Gasteiger partial charge >= 0.3 is 0 Å². The first-order valence-electron chi connectivity index (χ1n) is 11.9. The van der Waals surface area contributed by atoms with Gasteiger partial charge in [-0.25, -0.2) is 13.8 Å². The van der Waals surface area contributed by atoms with E-state index in [1.54, 1.807) is 11.9 Å². The predicted molar refractivity (Wildman–Crippen MR) is 128 cm³/mol. The van der Waals surface area contributed by atoms with Crippen molar-refractivity contribution in [1.82, 2.24) is 10.3 Å². The van der Waals surface area contributed by atoms with E-state index in [9.17, 15) is 13.6 Å². The molecule has 0 radical (unpaired) electrons. The van der Waals surface area contributed by atoms with Gasteiger partial charge in [0.15, 0.2) is 0 Å². The van der Waals surface area contributed by atoms with Crippen LogP contribution in [0.1, 0.15) is 50.2 Å². The van der Waals surface area contributed by atoms with Gasteiger partial charge in [0.25, 0.3) is 0 Å². The van der Waals surface area contributed by atoms with E-state index in [2.05, 4.69) is 22.6 Å². The van der Waals surface area contributed by atoms with Crippen LogP contribution in [0.4, 0.5) is 8.78 Å². The molecule has 0 amide bonds. The number of ether oxygens (including phenoxy) is 1. The van der Waals surface area contributed by atoms with E-state index >= 15 is 0 Å². The van der Waals surface area contributed by atoms with Crippen molar-refractivity contribution in [1.29, 1.82) is 0 Å². The van der Waals surface area contributed by atoms with E-state index in [1.807, 2.05) is 30.3 Å². The molecule has 7 heteroatoms. The molecule has 0 saturated carbocycles. The molecule has 4 rings (SSSR count). The molecule has 0 fully saturated rings. The minimum absolute atomic E-state index is 0.0159. The summed E-state index contributed by atoms with van der Waals surface area (Å²) in [6, 6.07) is 13.2. The molecule has 3 atom stereocenters. The highest BCUT2D eigenvalue weighted by Gasteiger charge is 2.47. The van der Waals surface area contributed by atoms with Crippen molar-refractivity contribution in [3.63, 3.8) is 0 Å². The molecular formula is C27H31F2N3O2. The average Bonchev–Trinajstić information content (AvgIpc) is 3.23. The molecule has 0 bridgehead atoms. The molecule has 34 heavy (non-hydrogen) atoms. The van der Waals surface area contributed by atoms with Gasteiger partial charge in [-0.2, -0.15) is 0 Å². The predicted octanol–water partition coefficient (Wildman–Crippen LogP) is 5.13. The normalized spacial score (nSPS) is 22.9. The SMILES string of the molecule is CC(C=O)CN1N=C(c2cc(F)ccc2F)OC1(CCCNC1C=CCCC1)c1ccccc1. The Morgan fingerprint density at radius 1 is 1.26 bits per heavy atom. The van der Waals surface area contributed by atoms with Crippen molar-refractivity contribution in [2.45, 2.75) is 50.8 Å². The van der Waals surface area contributed by atoms with Crippen LogP contribution in [0.3, 0.4) is 0 Å². The zero-order chi connectivity index (χ0) is 24.0. The van der Waals surface area contributed by atoms with Crippen molar-refractivity contribution < 1.29 is 18.3 Å². The molecule has 2 aromatic carbocycles. The van der Waals surface area contributed by atoms with Gasteiger partial charge in [0.05, 0.1) is 5.56 Å². The Labute approximate surface area is 199 Å². The van der Waals surface area contributed by atoms with Crippen LogP contribution >= 0.6 is 0 Å². The van der Waals surface area contributed by atoms with Crippen LogP contribution in [0.2, 0.25) is 0 Å². The number of nitrogens with one attached hydrogen (secondary N) is 1. The molecule has 0 aromatic heterocycles. The number of hydrogen-bond acceptors (Lipinski definition) is 5. The van der Waals surface area contributed by atoms with Crippen LogP contribution < -0.4 is 5.32 Å². The number of aldehydes is 1. The van der Waals surface area contributed by atoms with Gasteiger partial charge in [0.2, 0.25) is 11.6 Å². The first-order valence-corrected chi connectivity index (χ1v) is 11.9. The number of nitrogens with zero attached hydrogens (tertiary/aromatic N) is 2. The van der Waals surface area contributed by atoms with Gasteiger partial charge in [-0.05, 0) is 50.4 Å². The minimum Gasteiger partial charge on any atom is -0.443 e. The molecule has 3 unspecified atom stereocenters. The molecule has 1 aliphatic heterocycles. The second-order valence-electron chi connectivity index (χ2n) is 9.00. The number of carbonyl (C=O) groups is 1. The lowest BCUT2D eigenvalue weighted by atomic mass is 9.95.